The van der Waals surface area contributed by atoms with Crippen molar-refractivity contribution >= 4 is 16.7 Å². The summed E-state index contributed by atoms with van der Waals surface area (Å²) in [6, 6.07) is 12.5. The molecule has 0 fully saturated rings. The Morgan fingerprint density at radius 3 is 2.65 bits per heavy atom. The summed E-state index contributed by atoms with van der Waals surface area (Å²) in [7, 11) is 2.08. The molecular formula is C19H22N4. The van der Waals surface area contributed by atoms with E-state index in [1.807, 2.05) is 18.3 Å². The maximum Gasteiger partial charge on any atom is 0.132 e. The van der Waals surface area contributed by atoms with Crippen LogP contribution in [0.25, 0.3) is 10.9 Å². The maximum atomic E-state index is 4.68. The lowest BCUT2D eigenvalue weighted by Gasteiger charge is -2.20. The lowest BCUT2D eigenvalue weighted by atomic mass is 10.1. The van der Waals surface area contributed by atoms with Gasteiger partial charge in [0.25, 0.3) is 0 Å². The summed E-state index contributed by atoms with van der Waals surface area (Å²) in [6.07, 6.45) is 3.61. The van der Waals surface area contributed by atoms with Gasteiger partial charge < -0.3 is 4.90 Å². The standard InChI is InChI=1S/C19H22N4/c1-4-15-12-19(22-18(5-2)21-15)23(3)13-14-8-6-10-17-16(14)9-7-11-20-17/h6-12H,4-5,13H2,1-3H3. The number of nitrogens with zero attached hydrogens (tertiary/aromatic N) is 4. The van der Waals surface area contributed by atoms with E-state index in [4.69, 9.17) is 0 Å². The SMILES string of the molecule is CCc1cc(N(C)Cc2cccc3ncccc23)nc(CC)n1. The first-order valence-electron chi connectivity index (χ1n) is 8.11. The van der Waals surface area contributed by atoms with E-state index in [9.17, 15) is 0 Å². The molecule has 23 heavy (non-hydrogen) atoms. The maximum absolute atomic E-state index is 4.68. The first kappa shape index (κ1) is 15.4. The van der Waals surface area contributed by atoms with Gasteiger partial charge in [0.15, 0.2) is 0 Å². The van der Waals surface area contributed by atoms with Crippen molar-refractivity contribution in [3.05, 3.63) is 59.7 Å². The molecule has 0 saturated heterocycles. The Morgan fingerprint density at radius 1 is 1.00 bits per heavy atom. The predicted octanol–water partition coefficient (Wildman–Crippen LogP) is 3.79. The molecule has 0 atom stereocenters. The molecule has 2 heterocycles. The van der Waals surface area contributed by atoms with E-state index in [-0.39, 0.29) is 0 Å². The lowest BCUT2D eigenvalue weighted by molar-refractivity contribution is 0.838. The van der Waals surface area contributed by atoms with E-state index >= 15 is 0 Å². The normalized spacial score (nSPS) is 10.9. The highest BCUT2D eigenvalue weighted by Crippen LogP contribution is 2.20. The summed E-state index contributed by atoms with van der Waals surface area (Å²) in [4.78, 5) is 15.9. The Labute approximate surface area is 137 Å². The number of rotatable bonds is 5. The number of pyridine rings is 1. The first-order chi connectivity index (χ1) is 11.2. The molecule has 0 saturated carbocycles. The van der Waals surface area contributed by atoms with Gasteiger partial charge in [-0.15, -0.1) is 0 Å². The van der Waals surface area contributed by atoms with Gasteiger partial charge in [-0.1, -0.05) is 32.0 Å². The number of hydrogen-bond acceptors (Lipinski definition) is 4. The van der Waals surface area contributed by atoms with Gasteiger partial charge in [-0.2, -0.15) is 0 Å². The molecular weight excluding hydrogens is 284 g/mol. The lowest BCUT2D eigenvalue weighted by Crippen LogP contribution is -2.19. The van der Waals surface area contributed by atoms with Crippen molar-refractivity contribution in [2.24, 2.45) is 0 Å². The average molecular weight is 306 g/mol. The smallest absolute Gasteiger partial charge is 0.132 e. The van der Waals surface area contributed by atoms with E-state index in [0.717, 1.165) is 42.2 Å². The van der Waals surface area contributed by atoms with Gasteiger partial charge in [-0.25, -0.2) is 9.97 Å². The van der Waals surface area contributed by atoms with Gasteiger partial charge in [-0.3, -0.25) is 4.98 Å². The van der Waals surface area contributed by atoms with Crippen LogP contribution in [0.1, 0.15) is 30.9 Å². The molecule has 4 nitrogen and oxygen atoms in total. The van der Waals surface area contributed by atoms with Crippen molar-refractivity contribution in [1.82, 2.24) is 15.0 Å². The van der Waals surface area contributed by atoms with Gasteiger partial charge in [0.2, 0.25) is 0 Å². The third-order valence-electron chi connectivity index (χ3n) is 4.03. The van der Waals surface area contributed by atoms with E-state index < -0.39 is 0 Å². The van der Waals surface area contributed by atoms with Crippen molar-refractivity contribution in [2.75, 3.05) is 11.9 Å². The van der Waals surface area contributed by atoms with Crippen LogP contribution < -0.4 is 4.90 Å². The second kappa shape index (κ2) is 6.73. The van der Waals surface area contributed by atoms with E-state index in [2.05, 4.69) is 65.0 Å². The Kier molecular flexibility index (Phi) is 4.51. The summed E-state index contributed by atoms with van der Waals surface area (Å²) in [5.41, 5.74) is 3.38. The predicted molar refractivity (Wildman–Crippen MR) is 94.6 cm³/mol. The molecule has 0 unspecified atom stereocenters. The molecule has 118 valence electrons. The molecule has 2 aromatic heterocycles. The fraction of sp³-hybridized carbons (Fsp3) is 0.316. The van der Waals surface area contributed by atoms with Crippen molar-refractivity contribution in [3.63, 3.8) is 0 Å². The average Bonchev–Trinajstić information content (AvgIpc) is 2.61. The second-order valence-corrected chi connectivity index (χ2v) is 5.68. The minimum atomic E-state index is 0.798. The summed E-state index contributed by atoms with van der Waals surface area (Å²) < 4.78 is 0. The molecule has 0 spiro atoms. The zero-order valence-electron chi connectivity index (χ0n) is 14.0. The Bertz CT molecular complexity index is 786. The molecule has 0 aliphatic carbocycles. The van der Waals surface area contributed by atoms with Gasteiger partial charge >= 0.3 is 0 Å². The summed E-state index contributed by atoms with van der Waals surface area (Å²) in [6.45, 7) is 5.02. The summed E-state index contributed by atoms with van der Waals surface area (Å²) >= 11 is 0. The number of anilines is 1. The highest BCUT2D eigenvalue weighted by atomic mass is 15.2. The van der Waals surface area contributed by atoms with Gasteiger partial charge in [0, 0.05) is 43.4 Å². The van der Waals surface area contributed by atoms with Gasteiger partial charge in [-0.05, 0) is 24.1 Å². The van der Waals surface area contributed by atoms with E-state index in [0.29, 0.717) is 0 Å². The Hall–Kier alpha value is -2.49. The fourth-order valence-electron chi connectivity index (χ4n) is 2.71. The van der Waals surface area contributed by atoms with Gasteiger partial charge in [0.05, 0.1) is 5.52 Å². The van der Waals surface area contributed by atoms with Crippen molar-refractivity contribution in [1.29, 1.82) is 0 Å². The zero-order chi connectivity index (χ0) is 16.2. The quantitative estimate of drug-likeness (QED) is 0.719. The molecule has 0 radical (unpaired) electrons. The van der Waals surface area contributed by atoms with E-state index in [1.54, 1.807) is 0 Å². The molecule has 0 N–H and O–H groups in total. The minimum Gasteiger partial charge on any atom is -0.355 e. The third kappa shape index (κ3) is 3.31. The molecule has 0 bridgehead atoms. The van der Waals surface area contributed by atoms with Crippen LogP contribution in [0.5, 0.6) is 0 Å². The van der Waals surface area contributed by atoms with Crippen LogP contribution in [0.15, 0.2) is 42.6 Å². The molecule has 4 heteroatoms. The first-order valence-corrected chi connectivity index (χ1v) is 8.11. The van der Waals surface area contributed by atoms with Crippen LogP contribution in [0.3, 0.4) is 0 Å². The zero-order valence-corrected chi connectivity index (χ0v) is 14.0. The molecule has 1 aromatic carbocycles. The van der Waals surface area contributed by atoms with Gasteiger partial charge in [0.1, 0.15) is 11.6 Å². The van der Waals surface area contributed by atoms with Crippen molar-refractivity contribution < 1.29 is 0 Å². The minimum absolute atomic E-state index is 0.798. The Balaban J connectivity index is 1.93. The monoisotopic (exact) mass is 306 g/mol. The highest BCUT2D eigenvalue weighted by molar-refractivity contribution is 5.82. The number of benzene rings is 1. The molecule has 3 aromatic rings. The summed E-state index contributed by atoms with van der Waals surface area (Å²) in [5.74, 6) is 1.89. The van der Waals surface area contributed by atoms with Crippen LogP contribution in [-0.4, -0.2) is 22.0 Å². The number of hydrogen-bond donors (Lipinski definition) is 0. The Morgan fingerprint density at radius 2 is 1.87 bits per heavy atom. The van der Waals surface area contributed by atoms with Crippen LogP contribution in [-0.2, 0) is 19.4 Å². The highest BCUT2D eigenvalue weighted by Gasteiger charge is 2.09. The molecule has 3 rings (SSSR count). The van der Waals surface area contributed by atoms with Crippen LogP contribution >= 0.6 is 0 Å². The second-order valence-electron chi connectivity index (χ2n) is 5.68. The topological polar surface area (TPSA) is 41.9 Å². The number of fused-ring (bicyclic) bond motifs is 1. The fourth-order valence-corrected chi connectivity index (χ4v) is 2.71. The van der Waals surface area contributed by atoms with E-state index in [1.165, 1.54) is 10.9 Å². The summed E-state index contributed by atoms with van der Waals surface area (Å²) in [5, 5.41) is 1.20. The number of aryl methyl sites for hydroxylation is 2. The molecule has 0 aliphatic rings. The largest absolute Gasteiger partial charge is 0.355 e. The molecule has 0 aliphatic heterocycles. The van der Waals surface area contributed by atoms with Crippen LogP contribution in [0.4, 0.5) is 5.82 Å². The van der Waals surface area contributed by atoms with Crippen LogP contribution in [0, 0.1) is 0 Å². The van der Waals surface area contributed by atoms with Crippen molar-refractivity contribution in [2.45, 2.75) is 33.2 Å². The molecule has 0 amide bonds. The number of aromatic nitrogens is 3. The van der Waals surface area contributed by atoms with Crippen molar-refractivity contribution in [3.8, 4) is 0 Å². The van der Waals surface area contributed by atoms with Crippen LogP contribution in [0.2, 0.25) is 0 Å². The third-order valence-corrected chi connectivity index (χ3v) is 4.03.